The van der Waals surface area contributed by atoms with Crippen molar-refractivity contribution in [3.63, 3.8) is 0 Å². The predicted octanol–water partition coefficient (Wildman–Crippen LogP) is 0.346. The molecular formula is C9H16N2O. The second kappa shape index (κ2) is 2.82. The predicted molar refractivity (Wildman–Crippen MR) is 46.5 cm³/mol. The first-order valence-corrected chi connectivity index (χ1v) is 4.71. The Morgan fingerprint density at radius 3 is 2.75 bits per heavy atom. The highest BCUT2D eigenvalue weighted by molar-refractivity contribution is 5.54. The van der Waals surface area contributed by atoms with Crippen molar-refractivity contribution in [2.45, 2.75) is 31.2 Å². The van der Waals surface area contributed by atoms with Gasteiger partial charge in [-0.15, -0.1) is 0 Å². The molecule has 2 aliphatic rings. The first-order valence-electron chi connectivity index (χ1n) is 4.71. The number of carbonyl (C=O) groups is 1. The van der Waals surface area contributed by atoms with Crippen LogP contribution in [-0.2, 0) is 4.79 Å². The van der Waals surface area contributed by atoms with Crippen LogP contribution in [0, 0.1) is 5.92 Å². The maximum Gasteiger partial charge on any atom is 0.124 e. The van der Waals surface area contributed by atoms with Gasteiger partial charge in [-0.1, -0.05) is 0 Å². The summed E-state index contributed by atoms with van der Waals surface area (Å²) in [6, 6.07) is 0. The number of nitrogens with two attached hydrogens (primary N) is 1. The van der Waals surface area contributed by atoms with E-state index in [9.17, 15) is 4.79 Å². The molecule has 2 N–H and O–H groups in total. The van der Waals surface area contributed by atoms with Gasteiger partial charge in [-0.3, -0.25) is 4.90 Å². The molecule has 3 heteroatoms. The van der Waals surface area contributed by atoms with E-state index in [2.05, 4.69) is 4.90 Å². The fourth-order valence-corrected chi connectivity index (χ4v) is 2.27. The largest absolute Gasteiger partial charge is 0.318 e. The third-order valence-corrected chi connectivity index (χ3v) is 3.35. The molecule has 0 aromatic rings. The molecule has 0 radical (unpaired) electrons. The average Bonchev–Trinajstić information content (AvgIpc) is 2.87. The molecule has 2 fully saturated rings. The Morgan fingerprint density at radius 2 is 2.25 bits per heavy atom. The van der Waals surface area contributed by atoms with Crippen LogP contribution in [0.4, 0.5) is 0 Å². The molecule has 1 unspecified atom stereocenters. The first-order chi connectivity index (χ1) is 5.80. The van der Waals surface area contributed by atoms with E-state index in [1.54, 1.807) is 0 Å². The van der Waals surface area contributed by atoms with Crippen molar-refractivity contribution in [2.75, 3.05) is 13.2 Å². The Morgan fingerprint density at radius 1 is 1.50 bits per heavy atom. The fourth-order valence-electron chi connectivity index (χ4n) is 2.27. The molecule has 0 aromatic heterocycles. The number of nitrogens with zero attached hydrogens (tertiary/aromatic N) is 1. The molecule has 2 rings (SSSR count). The van der Waals surface area contributed by atoms with E-state index in [0.29, 0.717) is 12.2 Å². The zero-order valence-corrected chi connectivity index (χ0v) is 7.33. The fraction of sp³-hybridized carbons (Fsp3) is 0.889. The van der Waals surface area contributed by atoms with Gasteiger partial charge in [-0.2, -0.15) is 0 Å². The summed E-state index contributed by atoms with van der Waals surface area (Å²) in [5.74, 6) is 0.236. The highest BCUT2D eigenvalue weighted by Gasteiger charge is 2.49. The second-order valence-electron chi connectivity index (χ2n) is 4.06. The maximum absolute atomic E-state index is 10.6. The minimum atomic E-state index is 0.236. The SMILES string of the molecule is NCN1CC(C=O)CCC12CC2. The van der Waals surface area contributed by atoms with E-state index in [4.69, 9.17) is 5.73 Å². The summed E-state index contributed by atoms with van der Waals surface area (Å²) in [4.78, 5) is 12.9. The summed E-state index contributed by atoms with van der Waals surface area (Å²) in [5.41, 5.74) is 6.07. The van der Waals surface area contributed by atoms with Crippen LogP contribution in [0.2, 0.25) is 0 Å². The monoisotopic (exact) mass is 168 g/mol. The van der Waals surface area contributed by atoms with Gasteiger partial charge in [0, 0.05) is 24.7 Å². The van der Waals surface area contributed by atoms with Crippen LogP contribution in [0.5, 0.6) is 0 Å². The van der Waals surface area contributed by atoms with Crippen molar-refractivity contribution >= 4 is 6.29 Å². The van der Waals surface area contributed by atoms with Crippen LogP contribution in [0.1, 0.15) is 25.7 Å². The summed E-state index contributed by atoms with van der Waals surface area (Å²) in [6.07, 6.45) is 5.90. The smallest absolute Gasteiger partial charge is 0.124 e. The highest BCUT2D eigenvalue weighted by atomic mass is 16.1. The number of piperidine rings is 1. The van der Waals surface area contributed by atoms with E-state index in [1.165, 1.54) is 19.3 Å². The number of hydrogen-bond acceptors (Lipinski definition) is 3. The summed E-state index contributed by atoms with van der Waals surface area (Å²) in [6.45, 7) is 1.50. The lowest BCUT2D eigenvalue weighted by atomic mass is 9.92. The topological polar surface area (TPSA) is 46.3 Å². The maximum atomic E-state index is 10.6. The number of aldehydes is 1. The van der Waals surface area contributed by atoms with Crippen molar-refractivity contribution in [2.24, 2.45) is 11.7 Å². The summed E-state index contributed by atoms with van der Waals surface area (Å²) >= 11 is 0. The van der Waals surface area contributed by atoms with Gasteiger partial charge in [-0.05, 0) is 25.7 Å². The van der Waals surface area contributed by atoms with E-state index < -0.39 is 0 Å². The van der Waals surface area contributed by atoms with E-state index in [0.717, 1.165) is 19.3 Å². The number of hydrogen-bond donors (Lipinski definition) is 1. The normalized spacial score (nSPS) is 33.6. The molecule has 68 valence electrons. The van der Waals surface area contributed by atoms with Crippen molar-refractivity contribution in [3.05, 3.63) is 0 Å². The quantitative estimate of drug-likeness (QED) is 0.605. The van der Waals surface area contributed by atoms with Gasteiger partial charge in [0.2, 0.25) is 0 Å². The van der Waals surface area contributed by atoms with Gasteiger partial charge in [0.1, 0.15) is 6.29 Å². The van der Waals surface area contributed by atoms with Crippen molar-refractivity contribution < 1.29 is 4.79 Å². The van der Waals surface area contributed by atoms with Crippen LogP contribution in [0.15, 0.2) is 0 Å². The molecular weight excluding hydrogens is 152 g/mol. The average molecular weight is 168 g/mol. The summed E-state index contributed by atoms with van der Waals surface area (Å²) in [5, 5.41) is 0. The third-order valence-electron chi connectivity index (χ3n) is 3.35. The molecule has 0 aromatic carbocycles. The summed E-state index contributed by atoms with van der Waals surface area (Å²) in [7, 11) is 0. The molecule has 0 amide bonds. The van der Waals surface area contributed by atoms with Crippen LogP contribution in [0.3, 0.4) is 0 Å². The van der Waals surface area contributed by atoms with Crippen molar-refractivity contribution in [1.82, 2.24) is 4.90 Å². The highest BCUT2D eigenvalue weighted by Crippen LogP contribution is 2.48. The van der Waals surface area contributed by atoms with Crippen LogP contribution >= 0.6 is 0 Å². The Balaban J connectivity index is 2.01. The lowest BCUT2D eigenvalue weighted by Crippen LogP contribution is -2.48. The molecule has 1 aliphatic carbocycles. The second-order valence-corrected chi connectivity index (χ2v) is 4.06. The van der Waals surface area contributed by atoms with Crippen molar-refractivity contribution in [1.29, 1.82) is 0 Å². The summed E-state index contributed by atoms with van der Waals surface area (Å²) < 4.78 is 0. The first kappa shape index (κ1) is 8.20. The molecule has 1 spiro atoms. The Labute approximate surface area is 72.9 Å². The van der Waals surface area contributed by atoms with Crippen LogP contribution in [-0.4, -0.2) is 29.9 Å². The van der Waals surface area contributed by atoms with Crippen LogP contribution < -0.4 is 5.73 Å². The number of likely N-dealkylation sites (tertiary alicyclic amines) is 1. The van der Waals surface area contributed by atoms with Crippen molar-refractivity contribution in [3.8, 4) is 0 Å². The standard InChI is InChI=1S/C9H16N2O/c10-7-11-5-8(6-12)1-2-9(11)3-4-9/h6,8H,1-5,7,10H2. The number of rotatable bonds is 2. The molecule has 0 bridgehead atoms. The van der Waals surface area contributed by atoms with Gasteiger partial charge < -0.3 is 10.5 Å². The molecule has 1 saturated carbocycles. The van der Waals surface area contributed by atoms with E-state index in [1.807, 2.05) is 0 Å². The van der Waals surface area contributed by atoms with E-state index in [-0.39, 0.29) is 5.92 Å². The zero-order valence-electron chi connectivity index (χ0n) is 7.33. The van der Waals surface area contributed by atoms with Gasteiger partial charge in [0.25, 0.3) is 0 Å². The van der Waals surface area contributed by atoms with Gasteiger partial charge in [-0.25, -0.2) is 0 Å². The lowest BCUT2D eigenvalue weighted by molar-refractivity contribution is -0.113. The molecule has 1 atom stereocenters. The molecule has 1 heterocycles. The van der Waals surface area contributed by atoms with Gasteiger partial charge in [0.15, 0.2) is 0 Å². The molecule has 1 aliphatic heterocycles. The van der Waals surface area contributed by atoms with Gasteiger partial charge in [0.05, 0.1) is 0 Å². The zero-order chi connectivity index (χ0) is 8.60. The van der Waals surface area contributed by atoms with Gasteiger partial charge >= 0.3 is 0 Å². The third kappa shape index (κ3) is 1.17. The lowest BCUT2D eigenvalue weighted by Gasteiger charge is -2.37. The van der Waals surface area contributed by atoms with E-state index >= 15 is 0 Å². The minimum absolute atomic E-state index is 0.236. The molecule has 12 heavy (non-hydrogen) atoms. The molecule has 1 saturated heterocycles. The Kier molecular flexibility index (Phi) is 1.93. The minimum Gasteiger partial charge on any atom is -0.318 e. The Hall–Kier alpha value is -0.410. The van der Waals surface area contributed by atoms with Crippen LogP contribution in [0.25, 0.3) is 0 Å². The molecule has 3 nitrogen and oxygen atoms in total. The Bertz CT molecular complexity index is 189. The number of carbonyl (C=O) groups excluding carboxylic acids is 1.